The lowest BCUT2D eigenvalue weighted by atomic mass is 10.2. The van der Waals surface area contributed by atoms with E-state index in [0.717, 1.165) is 5.56 Å². The fourth-order valence-corrected chi connectivity index (χ4v) is 3.15. The number of carboxylic acids is 1. The van der Waals surface area contributed by atoms with Crippen LogP contribution in [0.5, 0.6) is 0 Å². The molecular formula is C12H16N2O5S. The number of benzene rings is 1. The smallest absolute Gasteiger partial charge is 0.322 e. The van der Waals surface area contributed by atoms with E-state index in [-0.39, 0.29) is 4.90 Å². The van der Waals surface area contributed by atoms with Crippen molar-refractivity contribution in [2.75, 3.05) is 0 Å². The Kier molecular flexibility index (Phi) is 4.85. The van der Waals surface area contributed by atoms with Crippen LogP contribution < -0.4 is 10.5 Å². The Morgan fingerprint density at radius 2 is 1.95 bits per heavy atom. The van der Waals surface area contributed by atoms with Gasteiger partial charge in [0, 0.05) is 0 Å². The fraction of sp³-hybridized carbons (Fsp3) is 0.333. The van der Waals surface area contributed by atoms with E-state index in [0.29, 0.717) is 5.56 Å². The third kappa shape index (κ3) is 4.04. The van der Waals surface area contributed by atoms with Crippen molar-refractivity contribution in [2.24, 2.45) is 5.73 Å². The predicted molar refractivity (Wildman–Crippen MR) is 71.5 cm³/mol. The third-order valence-electron chi connectivity index (χ3n) is 2.62. The lowest BCUT2D eigenvalue weighted by molar-refractivity contribution is -0.140. The summed E-state index contributed by atoms with van der Waals surface area (Å²) in [5, 5.41) is 8.91. The third-order valence-corrected chi connectivity index (χ3v) is 4.25. The van der Waals surface area contributed by atoms with E-state index in [1.165, 1.54) is 6.07 Å². The van der Waals surface area contributed by atoms with Gasteiger partial charge in [-0.3, -0.25) is 9.59 Å². The number of aliphatic carboxylic acids is 1. The van der Waals surface area contributed by atoms with Crippen LogP contribution in [0.3, 0.4) is 0 Å². The van der Waals surface area contributed by atoms with Crippen LogP contribution in [0.15, 0.2) is 23.1 Å². The first-order valence-electron chi connectivity index (χ1n) is 5.74. The highest BCUT2D eigenvalue weighted by atomic mass is 32.2. The number of rotatable bonds is 6. The van der Waals surface area contributed by atoms with Gasteiger partial charge in [-0.05, 0) is 25.5 Å². The molecule has 0 aliphatic heterocycles. The van der Waals surface area contributed by atoms with E-state index in [2.05, 4.69) is 0 Å². The second kappa shape index (κ2) is 6.02. The number of nitrogens with one attached hydrogen (secondary N) is 1. The number of amides is 1. The first kappa shape index (κ1) is 16.1. The fourth-order valence-electron chi connectivity index (χ4n) is 1.73. The van der Waals surface area contributed by atoms with Crippen molar-refractivity contribution < 1.29 is 23.1 Å². The molecule has 0 radical (unpaired) electrons. The minimum absolute atomic E-state index is 0.0289. The molecule has 0 spiro atoms. The largest absolute Gasteiger partial charge is 0.480 e. The number of carbonyl (C=O) groups excluding carboxylic acids is 1. The number of carboxylic acid groups (broad SMARTS) is 1. The summed E-state index contributed by atoms with van der Waals surface area (Å²) >= 11 is 0. The predicted octanol–water partition coefficient (Wildman–Crippen LogP) is -0.0897. The summed E-state index contributed by atoms with van der Waals surface area (Å²) in [6.45, 7) is 3.41. The number of carbonyl (C=O) groups is 2. The molecule has 0 heterocycles. The minimum Gasteiger partial charge on any atom is -0.480 e. The minimum atomic E-state index is -4.04. The molecule has 0 fully saturated rings. The van der Waals surface area contributed by atoms with Gasteiger partial charge in [-0.1, -0.05) is 17.7 Å². The summed E-state index contributed by atoms with van der Waals surface area (Å²) in [7, 11) is -4.04. The number of aryl methyl sites for hydroxylation is 2. The second-order valence-corrected chi connectivity index (χ2v) is 6.13. The highest BCUT2D eigenvalue weighted by molar-refractivity contribution is 7.89. The van der Waals surface area contributed by atoms with Crippen LogP contribution in [0.2, 0.25) is 0 Å². The van der Waals surface area contributed by atoms with E-state index >= 15 is 0 Å². The van der Waals surface area contributed by atoms with E-state index in [1.54, 1.807) is 19.1 Å². The normalized spacial score (nSPS) is 12.9. The van der Waals surface area contributed by atoms with Gasteiger partial charge in [0.2, 0.25) is 15.9 Å². The van der Waals surface area contributed by atoms with E-state index in [4.69, 9.17) is 10.8 Å². The molecule has 20 heavy (non-hydrogen) atoms. The molecule has 1 atom stereocenters. The summed E-state index contributed by atoms with van der Waals surface area (Å²) in [5.74, 6) is -2.36. The molecule has 0 aromatic heterocycles. The molecule has 0 saturated heterocycles. The van der Waals surface area contributed by atoms with Crippen LogP contribution in [0.1, 0.15) is 17.5 Å². The molecule has 110 valence electrons. The molecule has 0 unspecified atom stereocenters. The quantitative estimate of drug-likeness (QED) is 0.676. The van der Waals surface area contributed by atoms with Crippen molar-refractivity contribution in [1.29, 1.82) is 0 Å². The molecule has 1 aromatic carbocycles. The Hall–Kier alpha value is -1.93. The van der Waals surface area contributed by atoms with Crippen LogP contribution in [0.4, 0.5) is 0 Å². The van der Waals surface area contributed by atoms with Gasteiger partial charge in [0.05, 0.1) is 11.3 Å². The van der Waals surface area contributed by atoms with Crippen molar-refractivity contribution in [3.8, 4) is 0 Å². The molecule has 4 N–H and O–H groups in total. The van der Waals surface area contributed by atoms with Crippen LogP contribution in [-0.2, 0) is 19.6 Å². The average Bonchev–Trinajstić information content (AvgIpc) is 2.26. The standard InChI is InChI=1S/C12H16N2O5S/c1-7-3-4-10(8(2)5-7)20(18,19)14-9(12(16)17)6-11(13)15/h3-5,9,14H,6H2,1-2H3,(H2,13,15)(H,16,17)/t9-/m0/s1. The molecule has 8 heteroatoms. The van der Waals surface area contributed by atoms with Gasteiger partial charge in [-0.15, -0.1) is 0 Å². The molecule has 7 nitrogen and oxygen atoms in total. The number of hydrogen-bond acceptors (Lipinski definition) is 4. The highest BCUT2D eigenvalue weighted by Gasteiger charge is 2.27. The summed E-state index contributed by atoms with van der Waals surface area (Å²) in [4.78, 5) is 21.7. The molecular weight excluding hydrogens is 284 g/mol. The first-order valence-corrected chi connectivity index (χ1v) is 7.22. The van der Waals surface area contributed by atoms with Gasteiger partial charge >= 0.3 is 5.97 Å². The Labute approximate surface area is 116 Å². The van der Waals surface area contributed by atoms with Gasteiger partial charge in [0.15, 0.2) is 0 Å². The van der Waals surface area contributed by atoms with Crippen molar-refractivity contribution in [1.82, 2.24) is 4.72 Å². The topological polar surface area (TPSA) is 127 Å². The Bertz CT molecular complexity index is 639. The van der Waals surface area contributed by atoms with Crippen LogP contribution >= 0.6 is 0 Å². The van der Waals surface area contributed by atoms with Crippen molar-refractivity contribution in [3.63, 3.8) is 0 Å². The number of nitrogens with two attached hydrogens (primary N) is 1. The molecule has 1 amide bonds. The van der Waals surface area contributed by atoms with Gasteiger partial charge < -0.3 is 10.8 Å². The van der Waals surface area contributed by atoms with Gasteiger partial charge in [-0.25, -0.2) is 8.42 Å². The maximum absolute atomic E-state index is 12.1. The Morgan fingerprint density at radius 1 is 1.35 bits per heavy atom. The summed E-state index contributed by atoms with van der Waals surface area (Å²) in [5.41, 5.74) is 6.27. The Balaban J connectivity index is 3.09. The second-order valence-electron chi connectivity index (χ2n) is 4.45. The number of hydrogen-bond donors (Lipinski definition) is 3. The van der Waals surface area contributed by atoms with Crippen LogP contribution in [0, 0.1) is 13.8 Å². The Morgan fingerprint density at radius 3 is 2.40 bits per heavy atom. The maximum Gasteiger partial charge on any atom is 0.322 e. The van der Waals surface area contributed by atoms with Gasteiger partial charge in [-0.2, -0.15) is 4.72 Å². The molecule has 0 bridgehead atoms. The lowest BCUT2D eigenvalue weighted by Gasteiger charge is -2.14. The van der Waals surface area contributed by atoms with Crippen molar-refractivity contribution in [2.45, 2.75) is 31.2 Å². The van der Waals surface area contributed by atoms with E-state index < -0.39 is 34.4 Å². The molecule has 0 aliphatic carbocycles. The lowest BCUT2D eigenvalue weighted by Crippen LogP contribution is -2.43. The van der Waals surface area contributed by atoms with Crippen LogP contribution in [0.25, 0.3) is 0 Å². The zero-order valence-corrected chi connectivity index (χ0v) is 11.9. The zero-order valence-electron chi connectivity index (χ0n) is 11.1. The summed E-state index contributed by atoms with van der Waals surface area (Å²) in [6, 6.07) is 3.07. The number of primary amides is 1. The number of sulfonamides is 1. The molecule has 0 saturated carbocycles. The van der Waals surface area contributed by atoms with E-state index in [9.17, 15) is 18.0 Å². The maximum atomic E-state index is 12.1. The monoisotopic (exact) mass is 300 g/mol. The molecule has 0 aliphatic rings. The summed E-state index contributed by atoms with van der Waals surface area (Å²) < 4.78 is 26.2. The first-order chi connectivity index (χ1) is 9.13. The van der Waals surface area contributed by atoms with Crippen LogP contribution in [-0.4, -0.2) is 31.4 Å². The summed E-state index contributed by atoms with van der Waals surface area (Å²) in [6.07, 6.45) is -0.612. The zero-order chi connectivity index (χ0) is 15.5. The van der Waals surface area contributed by atoms with Crippen molar-refractivity contribution in [3.05, 3.63) is 29.3 Å². The molecule has 1 rings (SSSR count). The highest BCUT2D eigenvalue weighted by Crippen LogP contribution is 2.17. The van der Waals surface area contributed by atoms with Crippen molar-refractivity contribution >= 4 is 21.9 Å². The SMILES string of the molecule is Cc1ccc(S(=O)(=O)N[C@@H](CC(N)=O)C(=O)O)c(C)c1. The average molecular weight is 300 g/mol. The van der Waals surface area contributed by atoms with Gasteiger partial charge in [0.1, 0.15) is 6.04 Å². The molecule has 1 aromatic rings. The van der Waals surface area contributed by atoms with E-state index in [1.807, 2.05) is 11.6 Å². The van der Waals surface area contributed by atoms with Gasteiger partial charge in [0.25, 0.3) is 0 Å².